The Balaban J connectivity index is 2.12. The first-order chi connectivity index (χ1) is 11.2. The second-order valence-electron chi connectivity index (χ2n) is 5.70. The third kappa shape index (κ3) is 2.76. The molecule has 1 aromatic heterocycles. The molecule has 122 valence electrons. The topological polar surface area (TPSA) is 56.5 Å². The maximum atomic E-state index is 12.9. The van der Waals surface area contributed by atoms with E-state index in [4.69, 9.17) is 4.74 Å². The molecule has 0 bridgehead atoms. The molecule has 1 fully saturated rings. The van der Waals surface area contributed by atoms with Gasteiger partial charge in [-0.3, -0.25) is 14.4 Å². The van der Waals surface area contributed by atoms with Crippen LogP contribution in [0.1, 0.15) is 43.8 Å². The van der Waals surface area contributed by atoms with Gasteiger partial charge in [-0.25, -0.2) is 4.98 Å². The lowest BCUT2D eigenvalue weighted by Crippen LogP contribution is -2.28. The zero-order valence-electron chi connectivity index (χ0n) is 13.5. The fraction of sp³-hybridized carbons (Fsp3) is 0.471. The van der Waals surface area contributed by atoms with Gasteiger partial charge in [0.1, 0.15) is 15.7 Å². The van der Waals surface area contributed by atoms with Gasteiger partial charge in [0.15, 0.2) is 0 Å². The first kappa shape index (κ1) is 16.1. The van der Waals surface area contributed by atoms with Gasteiger partial charge in [0.2, 0.25) is 0 Å². The number of methoxy groups -OCH3 is 1. The standard InChI is InChI=1S/C17H21N3O2S/c1-4-12(22-3)13-14-15(23-16(13)18-2)17(21)20(10-19-14)11-8-6-5-7-9-11/h4,10-11H,1,5-9H2,2-3H3/b13-12+,18-16?. The van der Waals surface area contributed by atoms with Crippen molar-refractivity contribution in [2.24, 2.45) is 4.99 Å². The van der Waals surface area contributed by atoms with E-state index in [0.717, 1.165) is 23.5 Å². The van der Waals surface area contributed by atoms with Crippen LogP contribution in [-0.2, 0) is 4.74 Å². The number of thioether (sulfide) groups is 1. The molecular formula is C17H21N3O2S. The van der Waals surface area contributed by atoms with Crippen LogP contribution in [0.3, 0.4) is 0 Å². The van der Waals surface area contributed by atoms with E-state index < -0.39 is 0 Å². The van der Waals surface area contributed by atoms with Crippen LogP contribution in [0.5, 0.6) is 0 Å². The van der Waals surface area contributed by atoms with Gasteiger partial charge in [-0.05, 0) is 18.9 Å². The Bertz CT molecular complexity index is 743. The molecule has 0 unspecified atom stereocenters. The first-order valence-corrected chi connectivity index (χ1v) is 8.70. The summed E-state index contributed by atoms with van der Waals surface area (Å²) in [5, 5.41) is 0.753. The number of rotatable bonds is 3. The maximum absolute atomic E-state index is 12.9. The van der Waals surface area contributed by atoms with Crippen LogP contribution in [-0.4, -0.2) is 28.8 Å². The highest BCUT2D eigenvalue weighted by molar-refractivity contribution is 8.15. The third-order valence-corrected chi connectivity index (χ3v) is 5.58. The Kier molecular flexibility index (Phi) is 4.71. The predicted octanol–water partition coefficient (Wildman–Crippen LogP) is 3.43. The second-order valence-corrected chi connectivity index (χ2v) is 6.70. The Labute approximate surface area is 140 Å². The van der Waals surface area contributed by atoms with Crippen molar-refractivity contribution in [2.45, 2.75) is 43.0 Å². The van der Waals surface area contributed by atoms with Crippen molar-refractivity contribution >= 4 is 22.4 Å². The molecule has 1 aliphatic carbocycles. The monoisotopic (exact) mass is 331 g/mol. The van der Waals surface area contributed by atoms with Crippen molar-refractivity contribution in [2.75, 3.05) is 14.2 Å². The molecule has 2 heterocycles. The summed E-state index contributed by atoms with van der Waals surface area (Å²) in [4.78, 5) is 22.4. The van der Waals surface area contributed by atoms with E-state index in [2.05, 4.69) is 16.6 Å². The predicted molar refractivity (Wildman–Crippen MR) is 94.0 cm³/mol. The number of fused-ring (bicyclic) bond motifs is 1. The molecule has 0 radical (unpaired) electrons. The molecule has 0 atom stereocenters. The van der Waals surface area contributed by atoms with E-state index in [1.54, 1.807) is 26.6 Å². The highest BCUT2D eigenvalue weighted by atomic mass is 32.2. The van der Waals surface area contributed by atoms with E-state index in [1.165, 1.54) is 31.0 Å². The van der Waals surface area contributed by atoms with E-state index in [1.807, 2.05) is 4.57 Å². The van der Waals surface area contributed by atoms with Crippen molar-refractivity contribution in [3.63, 3.8) is 0 Å². The molecule has 23 heavy (non-hydrogen) atoms. The molecule has 0 spiro atoms. The van der Waals surface area contributed by atoms with Gasteiger partial charge >= 0.3 is 0 Å². The lowest BCUT2D eigenvalue weighted by atomic mass is 9.95. The largest absolute Gasteiger partial charge is 0.496 e. The lowest BCUT2D eigenvalue weighted by molar-refractivity contribution is 0.309. The van der Waals surface area contributed by atoms with Crippen LogP contribution >= 0.6 is 11.8 Å². The molecule has 5 nitrogen and oxygen atoms in total. The quantitative estimate of drug-likeness (QED) is 0.796. The summed E-state index contributed by atoms with van der Waals surface area (Å²) in [6, 6.07) is 0.269. The van der Waals surface area contributed by atoms with Crippen molar-refractivity contribution in [1.82, 2.24) is 9.55 Å². The molecule has 0 N–H and O–H groups in total. The molecule has 3 rings (SSSR count). The van der Waals surface area contributed by atoms with Gasteiger partial charge in [-0.2, -0.15) is 0 Å². The Morgan fingerprint density at radius 2 is 2.22 bits per heavy atom. The van der Waals surface area contributed by atoms with E-state index >= 15 is 0 Å². The fourth-order valence-corrected chi connectivity index (χ4v) is 4.28. The Hall–Kier alpha value is -1.82. The number of allylic oxidation sites excluding steroid dienone is 1. The number of aliphatic imine (C=N–C) groups is 1. The van der Waals surface area contributed by atoms with Crippen LogP contribution in [0.4, 0.5) is 0 Å². The molecular weight excluding hydrogens is 310 g/mol. The van der Waals surface area contributed by atoms with Gasteiger partial charge in [0.05, 0.1) is 24.7 Å². The number of nitrogens with zero attached hydrogens (tertiary/aromatic N) is 3. The highest BCUT2D eigenvalue weighted by Crippen LogP contribution is 2.40. The van der Waals surface area contributed by atoms with Gasteiger partial charge in [0, 0.05) is 13.1 Å². The van der Waals surface area contributed by atoms with Crippen LogP contribution in [0.15, 0.2) is 39.4 Å². The average molecular weight is 331 g/mol. The number of aromatic nitrogens is 2. The van der Waals surface area contributed by atoms with Crippen LogP contribution < -0.4 is 5.56 Å². The third-order valence-electron chi connectivity index (χ3n) is 4.43. The van der Waals surface area contributed by atoms with Crippen molar-refractivity contribution < 1.29 is 4.74 Å². The number of hydrogen-bond acceptors (Lipinski definition) is 5. The average Bonchev–Trinajstić information content (AvgIpc) is 2.97. The summed E-state index contributed by atoms with van der Waals surface area (Å²) in [5.74, 6) is 0.596. The van der Waals surface area contributed by atoms with Gasteiger partial charge in [0.25, 0.3) is 5.56 Å². The summed E-state index contributed by atoms with van der Waals surface area (Å²) < 4.78 is 7.18. The summed E-state index contributed by atoms with van der Waals surface area (Å²) in [6.07, 6.45) is 9.04. The van der Waals surface area contributed by atoms with E-state index in [-0.39, 0.29) is 11.6 Å². The van der Waals surface area contributed by atoms with Crippen molar-refractivity contribution in [3.05, 3.63) is 40.8 Å². The SMILES string of the molecule is C=C/C(OC)=C1\C(=NC)Sc2c1ncn(C1CCCCC1)c2=O. The summed E-state index contributed by atoms with van der Waals surface area (Å²) in [6.45, 7) is 3.77. The minimum atomic E-state index is 0.0302. The molecule has 0 saturated heterocycles. The first-order valence-electron chi connectivity index (χ1n) is 7.88. The van der Waals surface area contributed by atoms with Crippen LogP contribution in [0.25, 0.3) is 5.57 Å². The minimum absolute atomic E-state index is 0.0302. The van der Waals surface area contributed by atoms with Crippen LogP contribution in [0, 0.1) is 0 Å². The molecule has 1 aliphatic heterocycles. The molecule has 0 amide bonds. The normalized spacial score (nSPS) is 22.1. The van der Waals surface area contributed by atoms with Gasteiger partial charge in [-0.15, -0.1) is 0 Å². The maximum Gasteiger partial charge on any atom is 0.268 e. The second kappa shape index (κ2) is 6.74. The van der Waals surface area contributed by atoms with Crippen molar-refractivity contribution in [1.29, 1.82) is 0 Å². The summed E-state index contributed by atoms with van der Waals surface area (Å²) in [5.41, 5.74) is 1.45. The molecule has 2 aliphatic rings. The molecule has 6 heteroatoms. The minimum Gasteiger partial charge on any atom is -0.496 e. The van der Waals surface area contributed by atoms with Gasteiger partial charge in [-0.1, -0.05) is 37.6 Å². The molecule has 1 aromatic rings. The molecule has 1 saturated carbocycles. The number of hydrogen-bond donors (Lipinski definition) is 0. The Morgan fingerprint density at radius 3 is 2.83 bits per heavy atom. The highest BCUT2D eigenvalue weighted by Gasteiger charge is 2.32. The molecule has 0 aromatic carbocycles. The fourth-order valence-electron chi connectivity index (χ4n) is 3.25. The number of ether oxygens (including phenoxy) is 1. The Morgan fingerprint density at radius 1 is 1.48 bits per heavy atom. The zero-order chi connectivity index (χ0) is 16.4. The zero-order valence-corrected chi connectivity index (χ0v) is 14.4. The van der Waals surface area contributed by atoms with Crippen LogP contribution in [0.2, 0.25) is 0 Å². The smallest absolute Gasteiger partial charge is 0.268 e. The lowest BCUT2D eigenvalue weighted by Gasteiger charge is -2.23. The summed E-state index contributed by atoms with van der Waals surface area (Å²) in [7, 11) is 3.30. The van der Waals surface area contributed by atoms with E-state index in [9.17, 15) is 4.79 Å². The van der Waals surface area contributed by atoms with Crippen molar-refractivity contribution in [3.8, 4) is 0 Å². The van der Waals surface area contributed by atoms with Gasteiger partial charge < -0.3 is 4.74 Å². The van der Waals surface area contributed by atoms with E-state index in [0.29, 0.717) is 16.3 Å². The summed E-state index contributed by atoms with van der Waals surface area (Å²) >= 11 is 1.38.